The van der Waals surface area contributed by atoms with Gasteiger partial charge in [-0.05, 0) is 38.5 Å². The molecular weight excluding hydrogens is 218 g/mol. The first-order valence-electron chi connectivity index (χ1n) is 6.77. The predicted molar refractivity (Wildman–Crippen MR) is 66.0 cm³/mol. The molecule has 0 aromatic rings. The lowest BCUT2D eigenvalue weighted by Gasteiger charge is -2.26. The molecule has 2 rings (SSSR count). The first-order chi connectivity index (χ1) is 8.16. The third-order valence-electron chi connectivity index (χ3n) is 3.46. The molecule has 2 aliphatic rings. The number of nitrogens with one attached hydrogen (secondary N) is 1. The first kappa shape index (κ1) is 13.3. The second-order valence-electron chi connectivity index (χ2n) is 5.72. The lowest BCUT2D eigenvalue weighted by atomic mass is 10.0. The molecule has 1 unspecified atom stereocenters. The Balaban J connectivity index is 1.55. The van der Waals surface area contributed by atoms with Crippen molar-refractivity contribution in [1.29, 1.82) is 0 Å². The van der Waals surface area contributed by atoms with Gasteiger partial charge in [-0.25, -0.2) is 0 Å². The van der Waals surface area contributed by atoms with E-state index in [1.807, 2.05) is 6.92 Å². The molecule has 1 saturated carbocycles. The van der Waals surface area contributed by atoms with Crippen molar-refractivity contribution in [3.05, 3.63) is 0 Å². The fourth-order valence-corrected chi connectivity index (χ4v) is 2.06. The van der Waals surface area contributed by atoms with E-state index < -0.39 is 5.60 Å². The summed E-state index contributed by atoms with van der Waals surface area (Å²) in [5, 5.41) is 13.4. The van der Waals surface area contributed by atoms with Gasteiger partial charge in [-0.2, -0.15) is 0 Å². The van der Waals surface area contributed by atoms with E-state index >= 15 is 0 Å². The zero-order valence-corrected chi connectivity index (χ0v) is 10.8. The van der Waals surface area contributed by atoms with Gasteiger partial charge in [0.25, 0.3) is 0 Å². The molecule has 4 heteroatoms. The molecule has 1 heterocycles. The largest absolute Gasteiger partial charge is 0.386 e. The number of hydrogen-bond acceptors (Lipinski definition) is 4. The first-order valence-corrected chi connectivity index (χ1v) is 6.77. The lowest BCUT2D eigenvalue weighted by molar-refractivity contribution is -0.0522. The summed E-state index contributed by atoms with van der Waals surface area (Å²) in [7, 11) is 0. The van der Waals surface area contributed by atoms with E-state index in [4.69, 9.17) is 9.47 Å². The van der Waals surface area contributed by atoms with Crippen LogP contribution in [0, 0.1) is 5.92 Å². The van der Waals surface area contributed by atoms with Crippen molar-refractivity contribution in [3.63, 3.8) is 0 Å². The van der Waals surface area contributed by atoms with Crippen molar-refractivity contribution in [3.8, 4) is 0 Å². The summed E-state index contributed by atoms with van der Waals surface area (Å²) in [6.45, 7) is 5.35. The molecule has 1 atom stereocenters. The highest BCUT2D eigenvalue weighted by atomic mass is 16.5. The number of ether oxygens (including phenoxy) is 2. The topological polar surface area (TPSA) is 50.7 Å². The summed E-state index contributed by atoms with van der Waals surface area (Å²) >= 11 is 0. The van der Waals surface area contributed by atoms with Gasteiger partial charge in [0.05, 0.1) is 12.2 Å². The van der Waals surface area contributed by atoms with Crippen molar-refractivity contribution >= 4 is 0 Å². The van der Waals surface area contributed by atoms with E-state index in [0.29, 0.717) is 25.1 Å². The van der Waals surface area contributed by atoms with Crippen molar-refractivity contribution < 1.29 is 14.6 Å². The third kappa shape index (κ3) is 5.34. The summed E-state index contributed by atoms with van der Waals surface area (Å²) < 4.78 is 10.9. The van der Waals surface area contributed by atoms with Gasteiger partial charge >= 0.3 is 0 Å². The Morgan fingerprint density at radius 3 is 2.65 bits per heavy atom. The van der Waals surface area contributed by atoms with Crippen LogP contribution in [0.1, 0.15) is 32.6 Å². The highest BCUT2D eigenvalue weighted by molar-refractivity contribution is 4.85. The van der Waals surface area contributed by atoms with Gasteiger partial charge in [-0.15, -0.1) is 0 Å². The van der Waals surface area contributed by atoms with Crippen LogP contribution in [0.3, 0.4) is 0 Å². The summed E-state index contributed by atoms with van der Waals surface area (Å²) in [5.74, 6) is 0.607. The van der Waals surface area contributed by atoms with Gasteiger partial charge in [-0.3, -0.25) is 0 Å². The Kier molecular flexibility index (Phi) is 4.79. The third-order valence-corrected chi connectivity index (χ3v) is 3.46. The van der Waals surface area contributed by atoms with Crippen molar-refractivity contribution in [2.24, 2.45) is 5.92 Å². The molecule has 4 nitrogen and oxygen atoms in total. The van der Waals surface area contributed by atoms with Crippen LogP contribution in [0.15, 0.2) is 0 Å². The van der Waals surface area contributed by atoms with Crippen LogP contribution in [0.2, 0.25) is 0 Å². The van der Waals surface area contributed by atoms with Crippen LogP contribution in [-0.2, 0) is 9.47 Å². The molecule has 0 aromatic carbocycles. The average molecular weight is 243 g/mol. The Morgan fingerprint density at radius 2 is 2.00 bits per heavy atom. The number of hydrogen-bond donors (Lipinski definition) is 2. The van der Waals surface area contributed by atoms with Crippen molar-refractivity contribution in [2.75, 3.05) is 33.0 Å². The van der Waals surface area contributed by atoms with E-state index in [9.17, 15) is 5.11 Å². The van der Waals surface area contributed by atoms with Crippen LogP contribution < -0.4 is 5.32 Å². The maximum absolute atomic E-state index is 10.1. The van der Waals surface area contributed by atoms with Gasteiger partial charge in [0, 0.05) is 32.4 Å². The zero-order chi connectivity index (χ0) is 12.1. The molecule has 0 amide bonds. The van der Waals surface area contributed by atoms with E-state index in [-0.39, 0.29) is 0 Å². The van der Waals surface area contributed by atoms with Crippen LogP contribution in [0.25, 0.3) is 0 Å². The maximum atomic E-state index is 10.1. The molecule has 2 N–H and O–H groups in total. The van der Waals surface area contributed by atoms with Crippen LogP contribution in [0.5, 0.6) is 0 Å². The standard InChI is InChI=1S/C13H25NO3/c1-13(15,9-14-12-2-3-12)10-17-8-11-4-6-16-7-5-11/h11-12,14-15H,2-10H2,1H3. The number of rotatable bonds is 7. The minimum absolute atomic E-state index is 0.421. The predicted octanol–water partition coefficient (Wildman–Crippen LogP) is 0.933. The smallest absolute Gasteiger partial charge is 0.0975 e. The molecule has 0 aromatic heterocycles. The monoisotopic (exact) mass is 243 g/mol. The Hall–Kier alpha value is -0.160. The van der Waals surface area contributed by atoms with Crippen molar-refractivity contribution in [1.82, 2.24) is 5.32 Å². The summed E-state index contributed by atoms with van der Waals surface area (Å²) in [4.78, 5) is 0. The molecule has 100 valence electrons. The fraction of sp³-hybridized carbons (Fsp3) is 1.00. The van der Waals surface area contributed by atoms with E-state index in [2.05, 4.69) is 5.32 Å². The van der Waals surface area contributed by atoms with Crippen LogP contribution in [-0.4, -0.2) is 49.7 Å². The highest BCUT2D eigenvalue weighted by Crippen LogP contribution is 2.20. The highest BCUT2D eigenvalue weighted by Gasteiger charge is 2.27. The fourth-order valence-electron chi connectivity index (χ4n) is 2.06. The average Bonchev–Trinajstić information content (AvgIpc) is 3.12. The Morgan fingerprint density at radius 1 is 1.29 bits per heavy atom. The lowest BCUT2D eigenvalue weighted by Crippen LogP contribution is -2.43. The minimum Gasteiger partial charge on any atom is -0.386 e. The Bertz CT molecular complexity index is 223. The molecule has 0 spiro atoms. The van der Waals surface area contributed by atoms with E-state index in [1.54, 1.807) is 0 Å². The zero-order valence-electron chi connectivity index (χ0n) is 10.8. The molecule has 1 aliphatic carbocycles. The molecule has 0 bridgehead atoms. The molecule has 0 radical (unpaired) electrons. The van der Waals surface area contributed by atoms with Gasteiger partial charge in [0.2, 0.25) is 0 Å². The molecule has 17 heavy (non-hydrogen) atoms. The van der Waals surface area contributed by atoms with E-state index in [1.165, 1.54) is 12.8 Å². The Labute approximate surface area is 104 Å². The maximum Gasteiger partial charge on any atom is 0.0975 e. The minimum atomic E-state index is -0.742. The normalized spacial score (nSPS) is 25.8. The molecular formula is C13H25NO3. The van der Waals surface area contributed by atoms with Gasteiger partial charge in [-0.1, -0.05) is 0 Å². The van der Waals surface area contributed by atoms with Crippen molar-refractivity contribution in [2.45, 2.75) is 44.2 Å². The van der Waals surface area contributed by atoms with Gasteiger partial charge in [0.1, 0.15) is 0 Å². The van der Waals surface area contributed by atoms with Gasteiger partial charge in [0.15, 0.2) is 0 Å². The molecule has 1 saturated heterocycles. The van der Waals surface area contributed by atoms with Crippen LogP contribution >= 0.6 is 0 Å². The summed E-state index contributed by atoms with van der Waals surface area (Å²) in [6, 6.07) is 0.636. The SMILES string of the molecule is CC(O)(CNC1CC1)COCC1CCOCC1. The van der Waals surface area contributed by atoms with E-state index in [0.717, 1.165) is 32.7 Å². The second-order valence-corrected chi connectivity index (χ2v) is 5.72. The van der Waals surface area contributed by atoms with Crippen LogP contribution in [0.4, 0.5) is 0 Å². The number of aliphatic hydroxyl groups is 1. The summed E-state index contributed by atoms with van der Waals surface area (Å²) in [5.41, 5.74) is -0.742. The summed E-state index contributed by atoms with van der Waals surface area (Å²) in [6.07, 6.45) is 4.67. The molecule has 1 aliphatic heterocycles. The quantitative estimate of drug-likeness (QED) is 0.698. The van der Waals surface area contributed by atoms with Gasteiger partial charge < -0.3 is 19.9 Å². The second kappa shape index (κ2) is 6.14. The molecule has 2 fully saturated rings.